The summed E-state index contributed by atoms with van der Waals surface area (Å²) in [7, 11) is 1.77. The third kappa shape index (κ3) is 5.41. The van der Waals surface area contributed by atoms with E-state index in [2.05, 4.69) is 32.3 Å². The zero-order valence-electron chi connectivity index (χ0n) is 19.7. The van der Waals surface area contributed by atoms with E-state index < -0.39 is 0 Å². The Hall–Kier alpha value is -2.94. The van der Waals surface area contributed by atoms with Crippen molar-refractivity contribution in [3.8, 4) is 11.3 Å². The fraction of sp³-hybridized carbons (Fsp3) is 0.385. The van der Waals surface area contributed by atoms with Gasteiger partial charge in [0.2, 0.25) is 0 Å². The van der Waals surface area contributed by atoms with Crippen LogP contribution in [0.2, 0.25) is 0 Å². The second kappa shape index (κ2) is 10.5. The Bertz CT molecular complexity index is 1260. The maximum absolute atomic E-state index is 5.25. The molecular weight excluding hydrogens is 444 g/mol. The Kier molecular flexibility index (Phi) is 7.08. The molecule has 176 valence electrons. The van der Waals surface area contributed by atoms with Crippen molar-refractivity contribution >= 4 is 32.6 Å². The molecule has 1 fully saturated rings. The van der Waals surface area contributed by atoms with Gasteiger partial charge in [0, 0.05) is 37.3 Å². The lowest BCUT2D eigenvalue weighted by atomic mass is 9.93. The molecule has 1 saturated heterocycles. The molecule has 4 aromatic rings. The van der Waals surface area contributed by atoms with Crippen LogP contribution in [0, 0.1) is 6.92 Å². The summed E-state index contributed by atoms with van der Waals surface area (Å²) >= 11 is 1.55. The lowest BCUT2D eigenvalue weighted by Gasteiger charge is -2.19. The molecule has 1 unspecified atom stereocenters. The van der Waals surface area contributed by atoms with Crippen molar-refractivity contribution in [2.45, 2.75) is 32.1 Å². The zero-order chi connectivity index (χ0) is 23.3. The first kappa shape index (κ1) is 22.8. The molecule has 0 radical (unpaired) electrons. The second-order valence-electron chi connectivity index (χ2n) is 8.79. The van der Waals surface area contributed by atoms with E-state index in [9.17, 15) is 0 Å². The van der Waals surface area contributed by atoms with Gasteiger partial charge in [0.25, 0.3) is 0 Å². The Morgan fingerprint density at radius 3 is 2.85 bits per heavy atom. The number of rotatable bonds is 7. The van der Waals surface area contributed by atoms with Gasteiger partial charge in [-0.25, -0.2) is 15.0 Å². The van der Waals surface area contributed by atoms with E-state index in [0.29, 0.717) is 5.92 Å². The molecule has 8 heteroatoms. The molecule has 0 saturated carbocycles. The largest absolute Gasteiger partial charge is 0.383 e. The van der Waals surface area contributed by atoms with E-state index in [1.807, 2.05) is 43.6 Å². The summed E-state index contributed by atoms with van der Waals surface area (Å²) in [4.78, 5) is 21.8. The van der Waals surface area contributed by atoms with Crippen LogP contribution in [0.5, 0.6) is 0 Å². The molecule has 1 aliphatic heterocycles. The van der Waals surface area contributed by atoms with Gasteiger partial charge in [-0.3, -0.25) is 4.98 Å². The highest BCUT2D eigenvalue weighted by atomic mass is 32.1. The summed E-state index contributed by atoms with van der Waals surface area (Å²) in [5, 5.41) is 4.22. The van der Waals surface area contributed by atoms with Crippen LogP contribution in [0.1, 0.15) is 36.4 Å². The number of ether oxygens (including phenoxy) is 1. The predicted molar refractivity (Wildman–Crippen MR) is 138 cm³/mol. The molecule has 4 aromatic heterocycles. The average Bonchev–Trinajstić information content (AvgIpc) is 3.09. The summed E-state index contributed by atoms with van der Waals surface area (Å²) in [6.45, 7) is 6.07. The van der Waals surface area contributed by atoms with Crippen LogP contribution in [0.3, 0.4) is 0 Å². The first-order chi connectivity index (χ1) is 16.7. The highest BCUT2D eigenvalue weighted by Crippen LogP contribution is 2.32. The minimum Gasteiger partial charge on any atom is -0.383 e. The predicted octanol–water partition coefficient (Wildman–Crippen LogP) is 5.42. The molecule has 0 amide bonds. The number of pyridine rings is 3. The van der Waals surface area contributed by atoms with Gasteiger partial charge in [0.1, 0.15) is 16.2 Å². The number of likely N-dealkylation sites (tertiary alicyclic amines) is 1. The first-order valence-corrected chi connectivity index (χ1v) is 12.6. The Morgan fingerprint density at radius 1 is 1.06 bits per heavy atom. The normalized spacial score (nSPS) is 17.1. The number of thiazole rings is 1. The number of hydrogen-bond acceptors (Lipinski definition) is 8. The van der Waals surface area contributed by atoms with E-state index in [1.165, 1.54) is 18.4 Å². The molecule has 0 bridgehead atoms. The SMILES string of the molecule is COCCN1CCCC(c2ccnc(Nc3nc4ccc(-c5ccnc(C)c5)nc4s3)c2)CC1. The number of methoxy groups -OCH3 is 1. The molecular formula is C26H30N6OS. The maximum atomic E-state index is 5.25. The summed E-state index contributed by atoms with van der Waals surface area (Å²) in [6, 6.07) is 12.4. The van der Waals surface area contributed by atoms with Crippen molar-refractivity contribution in [1.29, 1.82) is 0 Å². The van der Waals surface area contributed by atoms with Crippen molar-refractivity contribution in [2.75, 3.05) is 38.7 Å². The van der Waals surface area contributed by atoms with E-state index in [1.54, 1.807) is 18.4 Å². The van der Waals surface area contributed by atoms with Crippen LogP contribution in [-0.4, -0.2) is 58.2 Å². The average molecular weight is 475 g/mol. The fourth-order valence-electron chi connectivity index (χ4n) is 4.55. The maximum Gasteiger partial charge on any atom is 0.190 e. The molecule has 1 atom stereocenters. The van der Waals surface area contributed by atoms with Crippen molar-refractivity contribution < 1.29 is 4.74 Å². The summed E-state index contributed by atoms with van der Waals surface area (Å²) in [6.07, 6.45) is 7.30. The van der Waals surface area contributed by atoms with Gasteiger partial charge < -0.3 is 15.0 Å². The lowest BCUT2D eigenvalue weighted by molar-refractivity contribution is 0.150. The van der Waals surface area contributed by atoms with Gasteiger partial charge in [0.15, 0.2) is 5.13 Å². The minimum absolute atomic E-state index is 0.555. The quantitative estimate of drug-likeness (QED) is 0.383. The molecule has 1 N–H and O–H groups in total. The molecule has 34 heavy (non-hydrogen) atoms. The molecule has 5 rings (SSSR count). The van der Waals surface area contributed by atoms with Crippen LogP contribution in [-0.2, 0) is 4.74 Å². The van der Waals surface area contributed by atoms with Gasteiger partial charge in [-0.15, -0.1) is 0 Å². The topological polar surface area (TPSA) is 76.1 Å². The molecule has 1 aliphatic rings. The molecule has 7 nitrogen and oxygen atoms in total. The van der Waals surface area contributed by atoms with E-state index in [4.69, 9.17) is 14.7 Å². The number of anilines is 2. The smallest absolute Gasteiger partial charge is 0.190 e. The van der Waals surface area contributed by atoms with Gasteiger partial charge in [-0.05, 0) is 87.2 Å². The molecule has 0 aliphatic carbocycles. The second-order valence-corrected chi connectivity index (χ2v) is 9.76. The number of fused-ring (bicyclic) bond motifs is 1. The van der Waals surface area contributed by atoms with Crippen LogP contribution >= 0.6 is 11.3 Å². The van der Waals surface area contributed by atoms with Gasteiger partial charge in [0.05, 0.1) is 12.3 Å². The first-order valence-electron chi connectivity index (χ1n) is 11.8. The van der Waals surface area contributed by atoms with Crippen molar-refractivity contribution in [1.82, 2.24) is 24.8 Å². The monoisotopic (exact) mass is 474 g/mol. The number of aryl methyl sites for hydroxylation is 1. The summed E-state index contributed by atoms with van der Waals surface area (Å²) < 4.78 is 5.25. The number of nitrogens with zero attached hydrogens (tertiary/aromatic N) is 5. The van der Waals surface area contributed by atoms with Crippen molar-refractivity contribution in [3.63, 3.8) is 0 Å². The minimum atomic E-state index is 0.555. The van der Waals surface area contributed by atoms with E-state index in [-0.39, 0.29) is 0 Å². The Morgan fingerprint density at radius 2 is 1.97 bits per heavy atom. The van der Waals surface area contributed by atoms with Crippen LogP contribution in [0.15, 0.2) is 48.8 Å². The Labute approximate surface area is 204 Å². The number of hydrogen-bond donors (Lipinski definition) is 1. The lowest BCUT2D eigenvalue weighted by Crippen LogP contribution is -2.28. The summed E-state index contributed by atoms with van der Waals surface area (Å²) in [5.74, 6) is 1.39. The number of aromatic nitrogens is 4. The van der Waals surface area contributed by atoms with Crippen LogP contribution in [0.4, 0.5) is 10.9 Å². The van der Waals surface area contributed by atoms with E-state index in [0.717, 1.165) is 70.9 Å². The van der Waals surface area contributed by atoms with Crippen LogP contribution < -0.4 is 5.32 Å². The van der Waals surface area contributed by atoms with E-state index >= 15 is 0 Å². The third-order valence-corrected chi connectivity index (χ3v) is 7.25. The zero-order valence-corrected chi connectivity index (χ0v) is 20.5. The number of nitrogens with one attached hydrogen (secondary N) is 1. The highest BCUT2D eigenvalue weighted by Gasteiger charge is 2.19. The van der Waals surface area contributed by atoms with Gasteiger partial charge >= 0.3 is 0 Å². The standard InChI is InChI=1S/C26H30N6OS/c1-18-16-21(8-10-27-18)22-5-6-23-25(29-22)34-26(30-23)31-24-17-20(7-11-28-24)19-4-3-12-32(13-9-19)14-15-33-2/h5-8,10-11,16-17,19H,3-4,9,12-15H2,1-2H3,(H,28,30,31). The van der Waals surface area contributed by atoms with Gasteiger partial charge in [-0.1, -0.05) is 11.3 Å². The summed E-state index contributed by atoms with van der Waals surface area (Å²) in [5.41, 5.74) is 5.21. The fourth-order valence-corrected chi connectivity index (χ4v) is 5.39. The third-order valence-electron chi connectivity index (χ3n) is 6.37. The molecule has 5 heterocycles. The van der Waals surface area contributed by atoms with Crippen LogP contribution in [0.25, 0.3) is 21.6 Å². The highest BCUT2D eigenvalue weighted by molar-refractivity contribution is 7.21. The Balaban J connectivity index is 1.30. The van der Waals surface area contributed by atoms with Crippen molar-refractivity contribution in [2.24, 2.45) is 0 Å². The van der Waals surface area contributed by atoms with Crippen molar-refractivity contribution in [3.05, 3.63) is 60.0 Å². The molecule has 0 aromatic carbocycles. The van der Waals surface area contributed by atoms with Gasteiger partial charge in [-0.2, -0.15) is 0 Å². The molecule has 0 spiro atoms.